The number of nitrogens with one attached hydrogen (secondary N) is 7. The van der Waals surface area contributed by atoms with Gasteiger partial charge in [-0.3, -0.25) is 28.8 Å². The molecule has 35 heteroatoms. The molecule has 7 aliphatic rings. The summed E-state index contributed by atoms with van der Waals surface area (Å²) >= 11 is 14.1. The lowest BCUT2D eigenvalue weighted by Gasteiger charge is -2.47. The fraction of sp³-hybridized carbons (Fsp3) is 0.424. The Hall–Kier alpha value is -9.20. The van der Waals surface area contributed by atoms with Gasteiger partial charge in [0, 0.05) is 34.7 Å². The van der Waals surface area contributed by atoms with Crippen LogP contribution in [-0.4, -0.2) is 196 Å². The van der Waals surface area contributed by atoms with E-state index in [1.165, 1.54) is 27.0 Å². The van der Waals surface area contributed by atoms with Crippen LogP contribution in [0.1, 0.15) is 105 Å². The minimum absolute atomic E-state index is 0.0991. The van der Waals surface area contributed by atoms with Gasteiger partial charge in [-0.2, -0.15) is 0 Å². The van der Waals surface area contributed by atoms with Gasteiger partial charge in [-0.15, -0.1) is 0 Å². The average molecular weight is 1450 g/mol. The molecule has 2 saturated heterocycles. The van der Waals surface area contributed by atoms with E-state index in [4.69, 9.17) is 57.4 Å². The second-order valence-corrected chi connectivity index (χ2v) is 26.5. The second-order valence-electron chi connectivity index (χ2n) is 25.6. The molecule has 0 unspecified atom stereocenters. The molecule has 7 aliphatic heterocycles. The molecule has 0 aromatic heterocycles. The summed E-state index contributed by atoms with van der Waals surface area (Å²) < 4.78 is 38.2. The van der Waals surface area contributed by atoms with Crippen LogP contribution in [0.4, 0.5) is 0 Å². The van der Waals surface area contributed by atoms with Gasteiger partial charge in [-0.1, -0.05) is 55.2 Å². The van der Waals surface area contributed by atoms with E-state index in [1.807, 2.05) is 13.8 Å². The molecule has 18 atom stereocenters. The monoisotopic (exact) mass is 1450 g/mol. The minimum Gasteiger partial charge on any atom is -0.508 e. The Balaban J connectivity index is 1.23. The molecular formula is C66H74Cl2N8O25. The standard InChI is InChI=1S/C66H74Cl2N8O25/c1-23(2)12-34(70-5)58(87)75-49-51(82)26-7-10-38(32(67)14-26)97-40-16-28-17-41(55(40)101-65-56(54(85)53(84)42(22-77)99-65)100-44-21-66(4,69)57(86)24(3)96-44)98-39-11-8-27(15-33(39)68)52(83)50-62(91)74-48(64(94)95)31-18-29(78)19-37(80)45(31)30-13-25(6-9-36(30)79)46(59(88)76-50)73-60(89)47(28)72-43(81)20-35(63(92)93)71-61(49)90/h6-11,13-19,23-24,34-35,42,44,46-54,56-57,65,70,77-80,82-86H,12,20-22,69H2,1-5H3,(H,71,90)(H,72,81)(H,73,89)(H,74,91)(H,75,87)(H,76,88)(H,92,93)(H,94,95)/t24-,34-,35+,42+,44-,46+,47+,48+,49+,50-,51+,52+,53+,54-,56+,57+,65-,66-/m0/s1. The number of halogens is 2. The molecule has 0 radical (unpaired) electrons. The number of ether oxygens (including phenoxy) is 6. The molecule has 33 nitrogen and oxygen atoms in total. The van der Waals surface area contributed by atoms with Crippen LogP contribution in [0, 0.1) is 5.92 Å². The van der Waals surface area contributed by atoms with Crippen molar-refractivity contribution < 1.29 is 123 Å². The number of fused-ring (bicyclic) bond motifs is 16. The SMILES string of the molecule is CN[C@@H](CC(C)C)C(=O)N[C@H]1C(=O)N[C@@H](C(=O)O)CC(=O)N[C@H]2C(=O)N[C@H]3C(=O)N[C@H](C(=O)N[C@@H](C(=O)O)c4cc(O)cc(O)c4-c4cc3ccc4O)[C@H](O)c3ccc(c(Cl)c3)Oc3cc2cc(c3O[C@@H]2O[C@H](CO)[C@@H](O)[C@H](O)[C@H]2O[C@H]2C[C@](C)(N)[C@H](O)[C@H](C)O2)Oc2ccc(cc2Cl)[C@H]1O. The third-order valence-corrected chi connectivity index (χ3v) is 18.3. The zero-order valence-electron chi connectivity index (χ0n) is 54.2. The maximum absolute atomic E-state index is 15.9. The number of aliphatic hydroxyl groups excluding tert-OH is 6. The number of benzene rings is 5. The first-order valence-corrected chi connectivity index (χ1v) is 32.3. The van der Waals surface area contributed by atoms with Gasteiger partial charge in [0.1, 0.15) is 89.5 Å². The van der Waals surface area contributed by atoms with Gasteiger partial charge in [0.15, 0.2) is 29.9 Å². The summed E-state index contributed by atoms with van der Waals surface area (Å²) in [5.41, 5.74) is 2.21. The number of carboxylic acids is 2. The first kappa shape index (κ1) is 74.5. The number of hydrogen-bond donors (Lipinski definition) is 19. The maximum Gasteiger partial charge on any atom is 0.330 e. The number of rotatable bonds is 12. The number of phenols is 3. The van der Waals surface area contributed by atoms with E-state index >= 15 is 9.59 Å². The number of aliphatic hydroxyl groups is 6. The first-order valence-electron chi connectivity index (χ1n) is 31.6. The average Bonchev–Trinajstić information content (AvgIpc) is 0.953. The van der Waals surface area contributed by atoms with Crippen molar-refractivity contribution >= 4 is 70.6 Å². The Morgan fingerprint density at radius 1 is 0.703 bits per heavy atom. The molecule has 2 fully saturated rings. The number of aromatic hydroxyl groups is 3. The highest BCUT2D eigenvalue weighted by Gasteiger charge is 2.51. The van der Waals surface area contributed by atoms with Crippen molar-refractivity contribution in [2.24, 2.45) is 11.7 Å². The summed E-state index contributed by atoms with van der Waals surface area (Å²) in [6.45, 7) is 5.63. The quantitative estimate of drug-likeness (QED) is 0.0817. The number of hydrogen-bond acceptors (Lipinski definition) is 25. The molecule has 5 aromatic rings. The zero-order chi connectivity index (χ0) is 73.5. The van der Waals surface area contributed by atoms with Gasteiger partial charge in [-0.25, -0.2) is 9.59 Å². The van der Waals surface area contributed by atoms with E-state index in [1.54, 1.807) is 0 Å². The van der Waals surface area contributed by atoms with Crippen molar-refractivity contribution in [1.82, 2.24) is 37.2 Å². The summed E-state index contributed by atoms with van der Waals surface area (Å²) in [4.78, 5) is 116. The molecule has 0 aliphatic carbocycles. The lowest BCUT2D eigenvalue weighted by atomic mass is 9.86. The highest BCUT2D eigenvalue weighted by molar-refractivity contribution is 6.32. The molecule has 12 rings (SSSR count). The van der Waals surface area contributed by atoms with Crippen LogP contribution in [0.5, 0.6) is 46.0 Å². The zero-order valence-corrected chi connectivity index (χ0v) is 55.7. The van der Waals surface area contributed by atoms with Crippen LogP contribution >= 0.6 is 23.2 Å². The second kappa shape index (κ2) is 30.2. The van der Waals surface area contributed by atoms with Gasteiger partial charge in [0.05, 0.1) is 41.3 Å². The van der Waals surface area contributed by atoms with E-state index in [9.17, 15) is 84.9 Å². The molecule has 101 heavy (non-hydrogen) atoms. The fourth-order valence-electron chi connectivity index (χ4n) is 12.4. The Morgan fingerprint density at radius 2 is 1.32 bits per heavy atom. The Morgan fingerprint density at radius 3 is 1.90 bits per heavy atom. The number of amides is 6. The molecule has 0 saturated carbocycles. The number of likely N-dealkylation sites (N-methyl/N-ethyl adjacent to an activating group) is 1. The van der Waals surface area contributed by atoms with Crippen molar-refractivity contribution in [2.75, 3.05) is 13.7 Å². The van der Waals surface area contributed by atoms with Crippen LogP contribution < -0.4 is 57.2 Å². The summed E-state index contributed by atoms with van der Waals surface area (Å²) in [6, 6.07) is -0.942. The number of aliphatic carboxylic acids is 2. The van der Waals surface area contributed by atoms with Crippen LogP contribution in [0.2, 0.25) is 10.0 Å². The van der Waals surface area contributed by atoms with E-state index in [-0.39, 0.29) is 41.2 Å². The molecule has 6 amide bonds. The van der Waals surface area contributed by atoms with Crippen molar-refractivity contribution in [3.05, 3.63) is 117 Å². The van der Waals surface area contributed by atoms with Crippen molar-refractivity contribution in [2.45, 2.75) is 156 Å². The lowest BCUT2D eigenvalue weighted by Crippen LogP contribution is -2.64. The number of phenolic OH excluding ortho intramolecular Hbond substituents is 3. The predicted molar refractivity (Wildman–Crippen MR) is 348 cm³/mol. The largest absolute Gasteiger partial charge is 0.508 e. The summed E-state index contributed by atoms with van der Waals surface area (Å²) in [5, 5.41) is 141. The van der Waals surface area contributed by atoms with Crippen molar-refractivity contribution in [3.8, 4) is 57.1 Å². The molecule has 542 valence electrons. The van der Waals surface area contributed by atoms with Crippen LogP contribution in [0.3, 0.4) is 0 Å². The third-order valence-electron chi connectivity index (χ3n) is 17.8. The highest BCUT2D eigenvalue weighted by Crippen LogP contribution is 2.50. The number of carbonyl (C=O) groups is 8. The van der Waals surface area contributed by atoms with E-state index in [0.717, 1.165) is 72.8 Å². The summed E-state index contributed by atoms with van der Waals surface area (Å²) in [5.74, 6) is -16.7. The van der Waals surface area contributed by atoms with Crippen LogP contribution in [0.25, 0.3) is 11.1 Å². The molecule has 7 heterocycles. The minimum atomic E-state index is -2.32. The normalized spacial score (nSPS) is 29.6. The van der Waals surface area contributed by atoms with E-state index in [2.05, 4.69) is 37.2 Å². The van der Waals surface area contributed by atoms with Gasteiger partial charge in [0.25, 0.3) is 0 Å². The third kappa shape index (κ3) is 15.8. The van der Waals surface area contributed by atoms with Gasteiger partial charge >= 0.3 is 11.9 Å². The molecule has 5 aromatic carbocycles. The summed E-state index contributed by atoms with van der Waals surface area (Å²) in [6.07, 6.45) is -18.8. The molecule has 20 N–H and O–H groups in total. The van der Waals surface area contributed by atoms with Crippen LogP contribution in [0.15, 0.2) is 78.9 Å². The number of nitrogens with two attached hydrogens (primary N) is 1. The predicted octanol–water partition coefficient (Wildman–Crippen LogP) is 0.706. The van der Waals surface area contributed by atoms with Crippen molar-refractivity contribution in [3.63, 3.8) is 0 Å². The Bertz CT molecular complexity index is 4070. The molecule has 0 spiro atoms. The number of carboxylic acid groups (broad SMARTS) is 2. The number of carbonyl (C=O) groups excluding carboxylic acids is 6. The fourth-order valence-corrected chi connectivity index (χ4v) is 12.9. The Labute approximate surface area is 583 Å². The maximum atomic E-state index is 15.9. The lowest BCUT2D eigenvalue weighted by molar-refractivity contribution is -0.333. The first-order chi connectivity index (χ1) is 47.7. The molecule has 11 bridgehead atoms. The van der Waals surface area contributed by atoms with Crippen LogP contribution in [-0.2, 0) is 52.6 Å². The highest BCUT2D eigenvalue weighted by atomic mass is 35.5. The van der Waals surface area contributed by atoms with Gasteiger partial charge < -0.3 is 128 Å². The Kier molecular flexibility index (Phi) is 22.2. The summed E-state index contributed by atoms with van der Waals surface area (Å²) in [7, 11) is 1.46. The van der Waals surface area contributed by atoms with E-state index in [0.29, 0.717) is 0 Å². The van der Waals surface area contributed by atoms with Crippen molar-refractivity contribution in [1.29, 1.82) is 0 Å². The van der Waals surface area contributed by atoms with Gasteiger partial charge in [0.2, 0.25) is 47.5 Å². The topological polar surface area (TPSA) is 525 Å². The van der Waals surface area contributed by atoms with Gasteiger partial charge in [-0.05, 0) is 110 Å². The van der Waals surface area contributed by atoms with E-state index < -0.39 is 242 Å². The smallest absolute Gasteiger partial charge is 0.330 e. The molecular weight excluding hydrogens is 1380 g/mol.